The summed E-state index contributed by atoms with van der Waals surface area (Å²) in [5.41, 5.74) is 4.21. The van der Waals surface area contributed by atoms with Gasteiger partial charge >= 0.3 is 6.01 Å². The standard InChI is InChI=1S/C33H38N6O2/c1-22-4-2-5-23-6-3-7-26(29(22)23)28-11-10-27-30(35-28)36-32(37-31(27)39-18-24-8-9-25(19-39)34-24)41-21-33(12-13-33)20-38-14-16-40-17-15-38/h2-7,10-11,24-25,34H,8-9,12-21H2,1H3. The number of ether oxygens (including phenoxy) is 2. The Bertz CT molecular complexity index is 1580. The summed E-state index contributed by atoms with van der Waals surface area (Å²) < 4.78 is 12.0. The van der Waals surface area contributed by atoms with E-state index in [2.05, 4.69) is 70.6 Å². The smallest absolute Gasteiger partial charge is 0.320 e. The minimum atomic E-state index is 0.194. The highest BCUT2D eigenvalue weighted by Gasteiger charge is 2.45. The van der Waals surface area contributed by atoms with Crippen molar-refractivity contribution in [2.45, 2.75) is 44.7 Å². The second-order valence-corrected chi connectivity index (χ2v) is 12.6. The molecule has 3 saturated heterocycles. The van der Waals surface area contributed by atoms with E-state index < -0.39 is 0 Å². The lowest BCUT2D eigenvalue weighted by atomic mass is 9.97. The molecule has 2 unspecified atom stereocenters. The van der Waals surface area contributed by atoms with Crippen molar-refractivity contribution in [3.8, 4) is 17.3 Å². The third-order valence-electron chi connectivity index (χ3n) is 9.55. The van der Waals surface area contributed by atoms with Crippen LogP contribution in [-0.4, -0.2) is 84.5 Å². The van der Waals surface area contributed by atoms with E-state index in [1.54, 1.807) is 0 Å². The quantitative estimate of drug-likeness (QED) is 0.358. The van der Waals surface area contributed by atoms with Crippen molar-refractivity contribution in [3.05, 3.63) is 54.1 Å². The minimum absolute atomic E-state index is 0.194. The summed E-state index contributed by atoms with van der Waals surface area (Å²) in [6.07, 6.45) is 4.82. The molecule has 0 radical (unpaired) electrons. The first-order chi connectivity index (χ1) is 20.1. The Morgan fingerprint density at radius 3 is 2.51 bits per heavy atom. The van der Waals surface area contributed by atoms with Gasteiger partial charge in [-0.15, -0.1) is 0 Å². The Balaban J connectivity index is 1.16. The van der Waals surface area contributed by atoms with Crippen molar-refractivity contribution in [3.63, 3.8) is 0 Å². The molecule has 8 rings (SSSR count). The maximum Gasteiger partial charge on any atom is 0.320 e. The first-order valence-corrected chi connectivity index (χ1v) is 15.2. The minimum Gasteiger partial charge on any atom is -0.463 e. The van der Waals surface area contributed by atoms with Crippen molar-refractivity contribution in [1.29, 1.82) is 0 Å². The number of fused-ring (bicyclic) bond motifs is 4. The zero-order valence-electron chi connectivity index (χ0n) is 23.8. The van der Waals surface area contributed by atoms with E-state index in [0.29, 0.717) is 30.3 Å². The number of nitrogens with one attached hydrogen (secondary N) is 1. The maximum absolute atomic E-state index is 6.46. The third-order valence-corrected chi connectivity index (χ3v) is 9.55. The van der Waals surface area contributed by atoms with Gasteiger partial charge in [-0.3, -0.25) is 4.90 Å². The molecule has 5 heterocycles. The molecule has 8 nitrogen and oxygen atoms in total. The number of hydrogen-bond acceptors (Lipinski definition) is 8. The molecular formula is C33H38N6O2. The normalized spacial score (nSPS) is 23.8. The third kappa shape index (κ3) is 4.92. The molecule has 212 valence electrons. The Hall–Kier alpha value is -3.33. The number of hydrogen-bond donors (Lipinski definition) is 1. The largest absolute Gasteiger partial charge is 0.463 e. The number of aromatic nitrogens is 3. The Morgan fingerprint density at radius 2 is 1.73 bits per heavy atom. The average molecular weight is 551 g/mol. The number of aryl methyl sites for hydroxylation is 1. The molecule has 2 aromatic heterocycles. The molecule has 1 saturated carbocycles. The molecule has 8 heteroatoms. The van der Waals surface area contributed by atoms with Gasteiger partial charge in [0.25, 0.3) is 0 Å². The molecule has 41 heavy (non-hydrogen) atoms. The summed E-state index contributed by atoms with van der Waals surface area (Å²) in [5, 5.41) is 7.21. The van der Waals surface area contributed by atoms with Gasteiger partial charge in [0.1, 0.15) is 5.82 Å². The highest BCUT2D eigenvalue weighted by molar-refractivity contribution is 5.99. The Morgan fingerprint density at radius 1 is 0.951 bits per heavy atom. The van der Waals surface area contributed by atoms with Crippen LogP contribution in [0.15, 0.2) is 48.5 Å². The molecule has 2 bridgehead atoms. The lowest BCUT2D eigenvalue weighted by molar-refractivity contribution is 0.0231. The average Bonchev–Trinajstić information content (AvgIpc) is 3.69. The molecule has 4 aliphatic rings. The molecule has 4 fully saturated rings. The van der Waals surface area contributed by atoms with Crippen LogP contribution >= 0.6 is 0 Å². The Labute approximate surface area is 241 Å². The summed E-state index contributed by atoms with van der Waals surface area (Å²) in [5.74, 6) is 0.953. The molecule has 0 spiro atoms. The van der Waals surface area contributed by atoms with E-state index >= 15 is 0 Å². The van der Waals surface area contributed by atoms with Crippen molar-refractivity contribution in [2.75, 3.05) is 57.4 Å². The molecule has 3 aliphatic heterocycles. The molecule has 2 atom stereocenters. The van der Waals surface area contributed by atoms with Crippen LogP contribution in [0.5, 0.6) is 6.01 Å². The molecular weight excluding hydrogens is 512 g/mol. The van der Waals surface area contributed by atoms with E-state index in [0.717, 1.165) is 68.4 Å². The van der Waals surface area contributed by atoms with Gasteiger partial charge < -0.3 is 19.7 Å². The number of rotatable bonds is 7. The van der Waals surface area contributed by atoms with E-state index in [-0.39, 0.29) is 5.41 Å². The van der Waals surface area contributed by atoms with Crippen LogP contribution in [0.25, 0.3) is 33.1 Å². The second kappa shape index (κ2) is 10.2. The number of benzene rings is 2. The number of nitrogens with zero attached hydrogens (tertiary/aromatic N) is 5. The van der Waals surface area contributed by atoms with Gasteiger partial charge in [0.05, 0.1) is 30.9 Å². The maximum atomic E-state index is 6.46. The topological polar surface area (TPSA) is 75.6 Å². The molecule has 4 aromatic rings. The van der Waals surface area contributed by atoms with Crippen molar-refractivity contribution in [2.24, 2.45) is 5.41 Å². The molecule has 1 N–H and O–H groups in total. The first-order valence-electron chi connectivity index (χ1n) is 15.2. The van der Waals surface area contributed by atoms with Crippen molar-refractivity contribution in [1.82, 2.24) is 25.2 Å². The van der Waals surface area contributed by atoms with Gasteiger partial charge in [0.15, 0.2) is 5.65 Å². The predicted molar refractivity (Wildman–Crippen MR) is 162 cm³/mol. The van der Waals surface area contributed by atoms with E-state index in [1.165, 1.54) is 42.0 Å². The summed E-state index contributed by atoms with van der Waals surface area (Å²) in [4.78, 5) is 20.1. The van der Waals surface area contributed by atoms with Crippen molar-refractivity contribution < 1.29 is 9.47 Å². The van der Waals surface area contributed by atoms with Gasteiger partial charge in [0, 0.05) is 55.8 Å². The zero-order valence-corrected chi connectivity index (χ0v) is 23.8. The van der Waals surface area contributed by atoms with Crippen LogP contribution in [0.4, 0.5) is 5.82 Å². The zero-order chi connectivity index (χ0) is 27.4. The molecule has 1 aliphatic carbocycles. The van der Waals surface area contributed by atoms with E-state index in [1.807, 2.05) is 0 Å². The molecule has 0 amide bonds. The fraction of sp³-hybridized carbons (Fsp3) is 0.485. The Kier molecular flexibility index (Phi) is 6.31. The number of anilines is 1. The number of piperazine rings is 1. The summed E-state index contributed by atoms with van der Waals surface area (Å²) in [6.45, 7) is 9.43. The molecule has 2 aromatic carbocycles. The fourth-order valence-electron chi connectivity index (χ4n) is 7.12. The highest BCUT2D eigenvalue weighted by atomic mass is 16.5. The van der Waals surface area contributed by atoms with Crippen LogP contribution in [0.3, 0.4) is 0 Å². The van der Waals surface area contributed by atoms with Crippen LogP contribution < -0.4 is 15.0 Å². The van der Waals surface area contributed by atoms with Crippen LogP contribution in [0.2, 0.25) is 0 Å². The predicted octanol–water partition coefficient (Wildman–Crippen LogP) is 4.59. The van der Waals surface area contributed by atoms with Gasteiger partial charge in [0.2, 0.25) is 0 Å². The summed E-state index contributed by atoms with van der Waals surface area (Å²) in [7, 11) is 0. The fourth-order valence-corrected chi connectivity index (χ4v) is 7.12. The van der Waals surface area contributed by atoms with E-state index in [9.17, 15) is 0 Å². The SMILES string of the molecule is Cc1cccc2cccc(-c3ccc4c(N5CC6CCC(C5)N6)nc(OCC5(CN6CCOCC6)CC5)nc4n3)c12. The van der Waals surface area contributed by atoms with Crippen LogP contribution in [0.1, 0.15) is 31.2 Å². The second-order valence-electron chi connectivity index (χ2n) is 12.6. The van der Waals surface area contributed by atoms with Crippen LogP contribution in [0, 0.1) is 12.3 Å². The summed E-state index contributed by atoms with van der Waals surface area (Å²) in [6, 6.07) is 18.7. The van der Waals surface area contributed by atoms with Gasteiger partial charge in [-0.05, 0) is 61.1 Å². The monoisotopic (exact) mass is 550 g/mol. The summed E-state index contributed by atoms with van der Waals surface area (Å²) >= 11 is 0. The van der Waals surface area contributed by atoms with E-state index in [4.69, 9.17) is 24.4 Å². The number of morpholine rings is 1. The van der Waals surface area contributed by atoms with Gasteiger partial charge in [-0.25, -0.2) is 4.98 Å². The first kappa shape index (κ1) is 25.4. The highest BCUT2D eigenvalue weighted by Crippen LogP contribution is 2.46. The lowest BCUT2D eigenvalue weighted by Crippen LogP contribution is -2.51. The lowest BCUT2D eigenvalue weighted by Gasteiger charge is -2.34. The van der Waals surface area contributed by atoms with Crippen molar-refractivity contribution >= 4 is 27.6 Å². The number of pyridine rings is 1. The van der Waals surface area contributed by atoms with Gasteiger partial charge in [-0.1, -0.05) is 36.4 Å². The van der Waals surface area contributed by atoms with Gasteiger partial charge in [-0.2, -0.15) is 9.97 Å². The van der Waals surface area contributed by atoms with Crippen LogP contribution in [-0.2, 0) is 4.74 Å².